The Kier molecular flexibility index (Phi) is 6.80. The van der Waals surface area contributed by atoms with Crippen molar-refractivity contribution in [1.29, 1.82) is 0 Å². The molecule has 1 aliphatic carbocycles. The van der Waals surface area contributed by atoms with Crippen LogP contribution in [-0.2, 0) is 0 Å². The Bertz CT molecular complexity index is 1370. The van der Waals surface area contributed by atoms with E-state index in [1.54, 1.807) is 31.2 Å². The van der Waals surface area contributed by atoms with Gasteiger partial charge in [0.15, 0.2) is 5.43 Å². The van der Waals surface area contributed by atoms with E-state index in [1.165, 1.54) is 12.1 Å². The lowest BCUT2D eigenvalue weighted by Crippen LogP contribution is -2.25. The molecule has 2 atom stereocenters. The second-order valence-corrected chi connectivity index (χ2v) is 8.82. The minimum absolute atomic E-state index is 0.202. The Balaban J connectivity index is 1.69. The molecule has 34 heavy (non-hydrogen) atoms. The molecule has 3 aromatic rings. The number of halogens is 1. The Morgan fingerprint density at radius 3 is 2.65 bits per heavy atom. The second kappa shape index (κ2) is 9.77. The molecule has 0 radical (unpaired) electrons. The first-order valence-corrected chi connectivity index (χ1v) is 11.5. The van der Waals surface area contributed by atoms with Crippen LogP contribution in [0, 0.1) is 12.7 Å². The summed E-state index contributed by atoms with van der Waals surface area (Å²) in [7, 11) is 0. The predicted octanol–water partition coefficient (Wildman–Crippen LogP) is 6.13. The normalized spacial score (nSPS) is 15.2. The van der Waals surface area contributed by atoms with Crippen LogP contribution in [0.15, 0.2) is 63.8 Å². The van der Waals surface area contributed by atoms with Crippen molar-refractivity contribution in [3.63, 3.8) is 0 Å². The molecule has 1 aliphatic rings. The van der Waals surface area contributed by atoms with Gasteiger partial charge in [0.1, 0.15) is 17.2 Å². The molecule has 2 unspecified atom stereocenters. The third-order valence-corrected chi connectivity index (χ3v) is 6.39. The summed E-state index contributed by atoms with van der Waals surface area (Å²) in [4.78, 5) is 24.7. The summed E-state index contributed by atoms with van der Waals surface area (Å²) in [5.41, 5.74) is 2.99. The van der Waals surface area contributed by atoms with Crippen LogP contribution in [0.3, 0.4) is 0 Å². The maximum Gasteiger partial charge on any atom is 0.336 e. The Morgan fingerprint density at radius 2 is 1.94 bits per heavy atom. The van der Waals surface area contributed by atoms with Crippen molar-refractivity contribution in [3.8, 4) is 0 Å². The van der Waals surface area contributed by atoms with E-state index in [0.29, 0.717) is 34.6 Å². The molecule has 0 spiro atoms. The molecule has 5 nitrogen and oxygen atoms in total. The smallest absolute Gasteiger partial charge is 0.336 e. The van der Waals surface area contributed by atoms with E-state index in [2.05, 4.69) is 5.32 Å². The van der Waals surface area contributed by atoms with Crippen molar-refractivity contribution in [1.82, 2.24) is 5.32 Å². The van der Waals surface area contributed by atoms with Crippen LogP contribution in [0.4, 0.5) is 4.39 Å². The molecule has 176 valence electrons. The van der Waals surface area contributed by atoms with Crippen LogP contribution in [0.5, 0.6) is 0 Å². The van der Waals surface area contributed by atoms with Crippen LogP contribution in [0.2, 0.25) is 0 Å². The zero-order valence-electron chi connectivity index (χ0n) is 19.5. The molecule has 1 aromatic heterocycles. The van der Waals surface area contributed by atoms with E-state index in [-0.39, 0.29) is 28.3 Å². The van der Waals surface area contributed by atoms with Gasteiger partial charge in [0.2, 0.25) is 0 Å². The van der Waals surface area contributed by atoms with Crippen molar-refractivity contribution in [2.24, 2.45) is 0 Å². The van der Waals surface area contributed by atoms with Gasteiger partial charge < -0.3 is 14.8 Å². The fraction of sp³-hybridized carbons (Fsp3) is 0.286. The number of rotatable bonds is 7. The van der Waals surface area contributed by atoms with Gasteiger partial charge in [0, 0.05) is 29.3 Å². The summed E-state index contributed by atoms with van der Waals surface area (Å²) in [6.45, 7) is 5.96. The quantitative estimate of drug-likeness (QED) is 0.443. The molecule has 2 aromatic carbocycles. The number of benzene rings is 2. The van der Waals surface area contributed by atoms with Crippen LogP contribution in [0.25, 0.3) is 16.5 Å². The largest absolute Gasteiger partial charge is 0.478 e. The van der Waals surface area contributed by atoms with Gasteiger partial charge in [-0.3, -0.25) is 4.79 Å². The van der Waals surface area contributed by atoms with Crippen LogP contribution in [0.1, 0.15) is 71.5 Å². The molecular formula is C28H28FNO4. The number of carbonyl (C=O) groups is 1. The monoisotopic (exact) mass is 461 g/mol. The van der Waals surface area contributed by atoms with E-state index in [9.17, 15) is 19.1 Å². The fourth-order valence-electron chi connectivity index (χ4n) is 4.45. The first-order chi connectivity index (χ1) is 16.3. The second-order valence-electron chi connectivity index (χ2n) is 8.82. The van der Waals surface area contributed by atoms with Crippen molar-refractivity contribution in [3.05, 3.63) is 98.7 Å². The third kappa shape index (κ3) is 4.59. The van der Waals surface area contributed by atoms with Gasteiger partial charge in [0.05, 0.1) is 10.9 Å². The highest BCUT2D eigenvalue weighted by Crippen LogP contribution is 2.31. The maximum atomic E-state index is 14.5. The van der Waals surface area contributed by atoms with Gasteiger partial charge in [-0.25, -0.2) is 9.18 Å². The summed E-state index contributed by atoms with van der Waals surface area (Å²) in [6.07, 6.45) is 7.87. The van der Waals surface area contributed by atoms with Gasteiger partial charge in [-0.05, 0) is 56.4 Å². The van der Waals surface area contributed by atoms with Crippen LogP contribution < -0.4 is 10.7 Å². The van der Waals surface area contributed by atoms with Crippen molar-refractivity contribution in [2.75, 3.05) is 6.54 Å². The van der Waals surface area contributed by atoms with Crippen molar-refractivity contribution < 1.29 is 18.7 Å². The zero-order chi connectivity index (χ0) is 24.4. The fourth-order valence-corrected chi connectivity index (χ4v) is 4.45. The van der Waals surface area contributed by atoms with Gasteiger partial charge in [-0.15, -0.1) is 0 Å². The first-order valence-electron chi connectivity index (χ1n) is 11.5. The van der Waals surface area contributed by atoms with Gasteiger partial charge in [-0.1, -0.05) is 43.4 Å². The number of hydrogen-bond acceptors (Lipinski definition) is 4. The Morgan fingerprint density at radius 1 is 1.18 bits per heavy atom. The molecule has 1 heterocycles. The number of carboxylic acid groups (broad SMARTS) is 1. The van der Waals surface area contributed by atoms with E-state index in [4.69, 9.17) is 4.42 Å². The van der Waals surface area contributed by atoms with E-state index in [1.807, 2.05) is 32.1 Å². The molecule has 0 saturated heterocycles. The minimum atomic E-state index is -0.982. The van der Waals surface area contributed by atoms with Gasteiger partial charge >= 0.3 is 5.97 Å². The topological polar surface area (TPSA) is 79.5 Å². The molecule has 6 heteroatoms. The highest BCUT2D eigenvalue weighted by Gasteiger charge is 2.21. The Labute approximate surface area is 197 Å². The molecule has 0 saturated carbocycles. The predicted molar refractivity (Wildman–Crippen MR) is 132 cm³/mol. The Hall–Kier alpha value is -3.51. The summed E-state index contributed by atoms with van der Waals surface area (Å²) in [6, 6.07) is 9.26. The lowest BCUT2D eigenvalue weighted by Gasteiger charge is -2.21. The zero-order valence-corrected chi connectivity index (χ0v) is 19.5. The highest BCUT2D eigenvalue weighted by atomic mass is 19.1. The van der Waals surface area contributed by atoms with Crippen LogP contribution >= 0.6 is 0 Å². The first kappa shape index (κ1) is 23.6. The van der Waals surface area contributed by atoms with E-state index >= 15 is 0 Å². The molecule has 0 amide bonds. The lowest BCUT2D eigenvalue weighted by atomic mass is 9.95. The summed E-state index contributed by atoms with van der Waals surface area (Å²) in [5, 5.41) is 13.1. The molecule has 4 rings (SSSR count). The van der Waals surface area contributed by atoms with Crippen molar-refractivity contribution >= 4 is 22.5 Å². The molecular weight excluding hydrogens is 433 g/mol. The average molecular weight is 462 g/mol. The average Bonchev–Trinajstić information content (AvgIpc) is 2.84. The number of carboxylic acids is 1. The SMILES string of the molecule is Cc1c(C2=CCCC=C2)oc2c(C(C)CNC(C)c3ccccc3C(=O)O)cc(F)cc2c1=O. The summed E-state index contributed by atoms with van der Waals surface area (Å²) >= 11 is 0. The van der Waals surface area contributed by atoms with Crippen molar-refractivity contribution in [2.45, 2.75) is 45.6 Å². The standard InChI is InChI=1S/C28H28FNO4/c1-16(15-30-18(3)21-11-7-8-12-22(21)28(32)33)23-13-20(29)14-24-25(31)17(2)26(34-27(23)24)19-9-5-4-6-10-19/h5,7-14,16,18,30H,4,6,15H2,1-3H3,(H,32,33). The van der Waals surface area contributed by atoms with E-state index in [0.717, 1.165) is 18.4 Å². The molecule has 2 N–H and O–H groups in total. The van der Waals surface area contributed by atoms with Gasteiger partial charge in [0.25, 0.3) is 0 Å². The number of allylic oxidation sites excluding steroid dienone is 4. The number of aromatic carboxylic acids is 1. The molecule has 0 fully saturated rings. The summed E-state index contributed by atoms with van der Waals surface area (Å²) in [5.74, 6) is -1.16. The molecule has 0 aliphatic heterocycles. The van der Waals surface area contributed by atoms with E-state index < -0.39 is 11.8 Å². The molecule has 0 bridgehead atoms. The third-order valence-electron chi connectivity index (χ3n) is 6.39. The van der Waals surface area contributed by atoms with Crippen LogP contribution in [-0.4, -0.2) is 17.6 Å². The summed E-state index contributed by atoms with van der Waals surface area (Å²) < 4.78 is 20.8. The highest BCUT2D eigenvalue weighted by molar-refractivity contribution is 5.89. The number of hydrogen-bond donors (Lipinski definition) is 2. The van der Waals surface area contributed by atoms with Gasteiger partial charge in [-0.2, -0.15) is 0 Å². The number of nitrogens with one attached hydrogen (secondary N) is 1. The number of fused-ring (bicyclic) bond motifs is 1. The lowest BCUT2D eigenvalue weighted by molar-refractivity contribution is 0.0695. The minimum Gasteiger partial charge on any atom is -0.478 e. The maximum absolute atomic E-state index is 14.5.